The molecular formula is C18H25FN4O. The summed E-state index contributed by atoms with van der Waals surface area (Å²) >= 11 is 0. The van der Waals surface area contributed by atoms with Gasteiger partial charge in [-0.3, -0.25) is 4.90 Å². The van der Waals surface area contributed by atoms with Crippen LogP contribution in [0.1, 0.15) is 20.3 Å². The molecule has 1 unspecified atom stereocenters. The average Bonchev–Trinajstić information content (AvgIpc) is 2.59. The smallest absolute Gasteiger partial charge is 0.137 e. The molecule has 1 aliphatic heterocycles. The third-order valence-electron chi connectivity index (χ3n) is 4.41. The second-order valence-electron chi connectivity index (χ2n) is 6.70. The van der Waals surface area contributed by atoms with Gasteiger partial charge in [0.1, 0.15) is 18.0 Å². The van der Waals surface area contributed by atoms with E-state index < -0.39 is 0 Å². The maximum atomic E-state index is 13.6. The molecule has 0 saturated carbocycles. The molecule has 2 aromatic rings. The van der Waals surface area contributed by atoms with Crippen LogP contribution in [0.3, 0.4) is 0 Å². The van der Waals surface area contributed by atoms with E-state index in [9.17, 15) is 4.39 Å². The molecule has 1 N–H and O–H groups in total. The molecule has 1 atom stereocenters. The first kappa shape index (κ1) is 17.0. The van der Waals surface area contributed by atoms with E-state index in [4.69, 9.17) is 4.74 Å². The lowest BCUT2D eigenvalue weighted by molar-refractivity contribution is 0.0150. The Bertz CT molecular complexity index is 673. The van der Waals surface area contributed by atoms with Crippen molar-refractivity contribution in [1.29, 1.82) is 0 Å². The first-order chi connectivity index (χ1) is 11.6. The molecule has 1 aliphatic rings. The van der Waals surface area contributed by atoms with Gasteiger partial charge in [-0.15, -0.1) is 0 Å². The first-order valence-corrected chi connectivity index (χ1v) is 8.59. The van der Waals surface area contributed by atoms with Gasteiger partial charge in [-0.2, -0.15) is 0 Å². The van der Waals surface area contributed by atoms with Crippen LogP contribution in [0.5, 0.6) is 0 Å². The normalized spacial score (nSPS) is 17.3. The Morgan fingerprint density at radius 2 is 2.04 bits per heavy atom. The topological polar surface area (TPSA) is 50.3 Å². The van der Waals surface area contributed by atoms with E-state index in [1.54, 1.807) is 6.07 Å². The molecule has 5 nitrogen and oxygen atoms in total. The predicted octanol–water partition coefficient (Wildman–Crippen LogP) is 2.93. The standard InChI is InChI=1S/C18H25FN4O/c1-13(2)9-15(23-5-7-24-8-6-23)11-20-18-16-10-14(19)3-4-17(16)21-12-22-18/h3-4,10,12-13,15H,5-9,11H2,1-2H3,(H,20,21,22). The lowest BCUT2D eigenvalue weighted by Crippen LogP contribution is -2.47. The van der Waals surface area contributed by atoms with Crippen molar-refractivity contribution in [3.63, 3.8) is 0 Å². The van der Waals surface area contributed by atoms with Gasteiger partial charge in [0.25, 0.3) is 0 Å². The summed E-state index contributed by atoms with van der Waals surface area (Å²) in [6.07, 6.45) is 2.62. The second-order valence-corrected chi connectivity index (χ2v) is 6.70. The fourth-order valence-corrected chi connectivity index (χ4v) is 3.23. The van der Waals surface area contributed by atoms with E-state index in [1.807, 2.05) is 0 Å². The van der Waals surface area contributed by atoms with E-state index in [0.717, 1.165) is 50.2 Å². The van der Waals surface area contributed by atoms with Crippen LogP contribution in [-0.4, -0.2) is 53.8 Å². The van der Waals surface area contributed by atoms with Crippen molar-refractivity contribution < 1.29 is 9.13 Å². The van der Waals surface area contributed by atoms with Gasteiger partial charge in [0.2, 0.25) is 0 Å². The molecule has 2 heterocycles. The number of rotatable bonds is 6. The third kappa shape index (κ3) is 4.19. The molecule has 0 aliphatic carbocycles. The number of morpholine rings is 1. The minimum atomic E-state index is -0.271. The predicted molar refractivity (Wildman–Crippen MR) is 93.6 cm³/mol. The Balaban J connectivity index is 1.75. The molecule has 130 valence electrons. The molecule has 0 spiro atoms. The van der Waals surface area contributed by atoms with Crippen LogP contribution >= 0.6 is 0 Å². The number of ether oxygens (including phenoxy) is 1. The van der Waals surface area contributed by atoms with Crippen LogP contribution in [-0.2, 0) is 4.74 Å². The summed E-state index contributed by atoms with van der Waals surface area (Å²) in [6, 6.07) is 5.01. The number of hydrogen-bond acceptors (Lipinski definition) is 5. The van der Waals surface area contributed by atoms with Crippen molar-refractivity contribution in [1.82, 2.24) is 14.9 Å². The molecule has 3 rings (SSSR count). The highest BCUT2D eigenvalue weighted by atomic mass is 19.1. The average molecular weight is 332 g/mol. The maximum Gasteiger partial charge on any atom is 0.137 e. The van der Waals surface area contributed by atoms with Gasteiger partial charge >= 0.3 is 0 Å². The van der Waals surface area contributed by atoms with Crippen LogP contribution in [0, 0.1) is 11.7 Å². The molecule has 1 fully saturated rings. The van der Waals surface area contributed by atoms with E-state index in [-0.39, 0.29) is 5.82 Å². The van der Waals surface area contributed by atoms with Crippen LogP contribution in [0.2, 0.25) is 0 Å². The van der Waals surface area contributed by atoms with Gasteiger partial charge in [0.15, 0.2) is 0 Å². The zero-order valence-electron chi connectivity index (χ0n) is 14.3. The van der Waals surface area contributed by atoms with Crippen LogP contribution in [0.25, 0.3) is 10.9 Å². The van der Waals surface area contributed by atoms with Crippen LogP contribution in [0.15, 0.2) is 24.5 Å². The van der Waals surface area contributed by atoms with Gasteiger partial charge < -0.3 is 10.1 Å². The summed E-state index contributed by atoms with van der Waals surface area (Å²) in [5, 5.41) is 4.14. The highest BCUT2D eigenvalue weighted by Gasteiger charge is 2.22. The summed E-state index contributed by atoms with van der Waals surface area (Å²) < 4.78 is 19.0. The first-order valence-electron chi connectivity index (χ1n) is 8.59. The number of fused-ring (bicyclic) bond motifs is 1. The highest BCUT2D eigenvalue weighted by molar-refractivity contribution is 5.88. The maximum absolute atomic E-state index is 13.6. The highest BCUT2D eigenvalue weighted by Crippen LogP contribution is 2.21. The van der Waals surface area contributed by atoms with E-state index in [0.29, 0.717) is 17.8 Å². The molecule has 0 bridgehead atoms. The number of halogens is 1. The molecule has 1 aromatic heterocycles. The van der Waals surface area contributed by atoms with Gasteiger partial charge in [-0.25, -0.2) is 14.4 Å². The number of benzene rings is 1. The molecule has 1 saturated heterocycles. The Morgan fingerprint density at radius 3 is 2.79 bits per heavy atom. The van der Waals surface area contributed by atoms with E-state index in [2.05, 4.69) is 34.0 Å². The Hall–Kier alpha value is -1.79. The Morgan fingerprint density at radius 1 is 1.25 bits per heavy atom. The van der Waals surface area contributed by atoms with Crippen molar-refractivity contribution in [3.05, 3.63) is 30.3 Å². The quantitative estimate of drug-likeness (QED) is 0.881. The lowest BCUT2D eigenvalue weighted by Gasteiger charge is -2.35. The van der Waals surface area contributed by atoms with Gasteiger partial charge in [0, 0.05) is 31.1 Å². The number of hydrogen-bond donors (Lipinski definition) is 1. The lowest BCUT2D eigenvalue weighted by atomic mass is 10.0. The van der Waals surface area contributed by atoms with Crippen molar-refractivity contribution in [3.8, 4) is 0 Å². The van der Waals surface area contributed by atoms with Crippen molar-refractivity contribution in [2.75, 3.05) is 38.2 Å². The number of nitrogens with zero attached hydrogens (tertiary/aromatic N) is 3. The van der Waals surface area contributed by atoms with Crippen LogP contribution in [0.4, 0.5) is 10.2 Å². The molecule has 0 radical (unpaired) electrons. The molecular weight excluding hydrogens is 307 g/mol. The largest absolute Gasteiger partial charge is 0.379 e. The second kappa shape index (κ2) is 7.85. The monoisotopic (exact) mass is 332 g/mol. The van der Waals surface area contributed by atoms with Gasteiger partial charge in [-0.05, 0) is 30.5 Å². The fourth-order valence-electron chi connectivity index (χ4n) is 3.23. The minimum absolute atomic E-state index is 0.271. The Labute approximate surface area is 142 Å². The SMILES string of the molecule is CC(C)CC(CNc1ncnc2ccc(F)cc12)N1CCOCC1. The number of anilines is 1. The van der Waals surface area contributed by atoms with Gasteiger partial charge in [0.05, 0.1) is 18.7 Å². The summed E-state index contributed by atoms with van der Waals surface area (Å²) in [7, 11) is 0. The summed E-state index contributed by atoms with van der Waals surface area (Å²) in [4.78, 5) is 11.0. The minimum Gasteiger partial charge on any atom is -0.379 e. The van der Waals surface area contributed by atoms with E-state index in [1.165, 1.54) is 18.5 Å². The number of aromatic nitrogens is 2. The molecule has 0 amide bonds. The third-order valence-corrected chi connectivity index (χ3v) is 4.41. The molecule has 24 heavy (non-hydrogen) atoms. The molecule has 1 aromatic carbocycles. The zero-order valence-corrected chi connectivity index (χ0v) is 14.3. The van der Waals surface area contributed by atoms with Crippen molar-refractivity contribution >= 4 is 16.7 Å². The van der Waals surface area contributed by atoms with Crippen molar-refractivity contribution in [2.24, 2.45) is 5.92 Å². The Kier molecular flexibility index (Phi) is 5.58. The summed E-state index contributed by atoms with van der Waals surface area (Å²) in [5.41, 5.74) is 0.751. The summed E-state index contributed by atoms with van der Waals surface area (Å²) in [6.45, 7) is 8.75. The van der Waals surface area contributed by atoms with Gasteiger partial charge in [-0.1, -0.05) is 13.8 Å². The van der Waals surface area contributed by atoms with Crippen LogP contribution < -0.4 is 5.32 Å². The number of nitrogens with one attached hydrogen (secondary N) is 1. The molecule has 6 heteroatoms. The van der Waals surface area contributed by atoms with Crippen molar-refractivity contribution in [2.45, 2.75) is 26.3 Å². The zero-order chi connectivity index (χ0) is 16.9. The fraction of sp³-hybridized carbons (Fsp3) is 0.556. The summed E-state index contributed by atoms with van der Waals surface area (Å²) in [5.74, 6) is 1.04. The van der Waals surface area contributed by atoms with E-state index >= 15 is 0 Å².